The maximum Gasteiger partial charge on any atom is 0.416 e. The number of rotatable bonds is 2. The van der Waals surface area contributed by atoms with Crippen molar-refractivity contribution in [2.24, 2.45) is 11.8 Å². The smallest absolute Gasteiger partial charge is 0.337 e. The lowest BCUT2D eigenvalue weighted by molar-refractivity contribution is -0.137. The molecule has 2 aromatic rings. The zero-order valence-corrected chi connectivity index (χ0v) is 13.2. The van der Waals surface area contributed by atoms with Crippen molar-refractivity contribution in [2.45, 2.75) is 6.18 Å². The van der Waals surface area contributed by atoms with E-state index in [2.05, 4.69) is 15.6 Å². The summed E-state index contributed by atoms with van der Waals surface area (Å²) in [7, 11) is 0. The Morgan fingerprint density at radius 1 is 1.20 bits per heavy atom. The molecule has 25 heavy (non-hydrogen) atoms. The standard InChI is InChI=1S/C16H16F3N5O/c17-16(18,19)12-2-1-3-13(4-12)24-9-14(21-22-24)15(25)23-7-10-5-20-6-11(10)8-23/h1-4,9-11,20H,5-8H2/t10-,11+. The molecule has 4 rings (SSSR count). The molecule has 1 aromatic carbocycles. The monoisotopic (exact) mass is 351 g/mol. The van der Waals surface area contributed by atoms with Crippen LogP contribution in [-0.2, 0) is 6.18 Å². The van der Waals surface area contributed by atoms with E-state index < -0.39 is 11.7 Å². The van der Waals surface area contributed by atoms with E-state index in [9.17, 15) is 18.0 Å². The highest BCUT2D eigenvalue weighted by Gasteiger charge is 2.39. The third-order valence-electron chi connectivity index (χ3n) is 4.83. The maximum atomic E-state index is 12.8. The molecule has 132 valence electrons. The number of benzene rings is 1. The highest BCUT2D eigenvalue weighted by molar-refractivity contribution is 5.92. The Labute approximate surface area is 141 Å². The van der Waals surface area contributed by atoms with Gasteiger partial charge in [-0.15, -0.1) is 5.10 Å². The third kappa shape index (κ3) is 2.99. The summed E-state index contributed by atoms with van der Waals surface area (Å²) in [6.07, 6.45) is -3.05. The number of hydrogen-bond donors (Lipinski definition) is 1. The van der Waals surface area contributed by atoms with Gasteiger partial charge in [-0.2, -0.15) is 13.2 Å². The minimum Gasteiger partial charge on any atom is -0.337 e. The molecule has 1 aromatic heterocycles. The molecule has 1 N–H and O–H groups in total. The molecule has 2 fully saturated rings. The summed E-state index contributed by atoms with van der Waals surface area (Å²) in [5.74, 6) is 0.692. The largest absolute Gasteiger partial charge is 0.416 e. The van der Waals surface area contributed by atoms with Crippen LogP contribution < -0.4 is 5.32 Å². The summed E-state index contributed by atoms with van der Waals surface area (Å²) in [5, 5.41) is 11.0. The normalized spacial score (nSPS) is 23.1. The SMILES string of the molecule is O=C(c1cn(-c2cccc(C(F)(F)F)c2)nn1)N1C[C@H]2CNC[C@H]2C1. The average molecular weight is 351 g/mol. The Morgan fingerprint density at radius 3 is 2.60 bits per heavy atom. The van der Waals surface area contributed by atoms with Gasteiger partial charge in [0.2, 0.25) is 0 Å². The van der Waals surface area contributed by atoms with E-state index in [0.717, 1.165) is 25.2 Å². The summed E-state index contributed by atoms with van der Waals surface area (Å²) in [4.78, 5) is 14.3. The Morgan fingerprint density at radius 2 is 1.92 bits per heavy atom. The molecule has 0 radical (unpaired) electrons. The van der Waals surface area contributed by atoms with Gasteiger partial charge < -0.3 is 10.2 Å². The minimum absolute atomic E-state index is 0.144. The fraction of sp³-hybridized carbons (Fsp3) is 0.438. The lowest BCUT2D eigenvalue weighted by Gasteiger charge is -2.15. The fourth-order valence-corrected chi connectivity index (χ4v) is 3.50. The van der Waals surface area contributed by atoms with Gasteiger partial charge in [-0.05, 0) is 30.0 Å². The Bertz CT molecular complexity index is 791. The predicted octanol–water partition coefficient (Wildman–Crippen LogP) is 1.58. The minimum atomic E-state index is -4.43. The Balaban J connectivity index is 1.53. The predicted molar refractivity (Wildman–Crippen MR) is 82.1 cm³/mol. The summed E-state index contributed by atoms with van der Waals surface area (Å²) < 4.78 is 39.7. The van der Waals surface area contributed by atoms with Crippen molar-refractivity contribution >= 4 is 5.91 Å². The number of alkyl halides is 3. The molecule has 1 amide bonds. The van der Waals surface area contributed by atoms with Crippen molar-refractivity contribution in [1.29, 1.82) is 0 Å². The van der Waals surface area contributed by atoms with Crippen LogP contribution in [0.5, 0.6) is 0 Å². The lowest BCUT2D eigenvalue weighted by atomic mass is 10.0. The van der Waals surface area contributed by atoms with E-state index in [4.69, 9.17) is 0 Å². The van der Waals surface area contributed by atoms with E-state index in [1.165, 1.54) is 23.0 Å². The second-order valence-corrected chi connectivity index (χ2v) is 6.48. The molecule has 0 aliphatic carbocycles. The van der Waals surface area contributed by atoms with Crippen molar-refractivity contribution < 1.29 is 18.0 Å². The van der Waals surface area contributed by atoms with Gasteiger partial charge in [-0.3, -0.25) is 4.79 Å². The van der Waals surface area contributed by atoms with E-state index in [1.54, 1.807) is 4.90 Å². The van der Waals surface area contributed by atoms with Gasteiger partial charge in [0.1, 0.15) is 0 Å². The summed E-state index contributed by atoms with van der Waals surface area (Å²) in [5.41, 5.74) is -0.414. The molecule has 0 unspecified atom stereocenters. The number of halogens is 3. The van der Waals surface area contributed by atoms with Gasteiger partial charge in [-0.1, -0.05) is 11.3 Å². The van der Waals surface area contributed by atoms with Gasteiger partial charge >= 0.3 is 6.18 Å². The van der Waals surface area contributed by atoms with E-state index >= 15 is 0 Å². The molecule has 2 atom stereocenters. The number of nitrogens with zero attached hydrogens (tertiary/aromatic N) is 4. The molecule has 2 aliphatic heterocycles. The first-order valence-electron chi connectivity index (χ1n) is 8.02. The van der Waals surface area contributed by atoms with Crippen LogP contribution in [0.2, 0.25) is 0 Å². The van der Waals surface area contributed by atoms with Crippen LogP contribution >= 0.6 is 0 Å². The topological polar surface area (TPSA) is 63.1 Å². The first-order valence-corrected chi connectivity index (χ1v) is 8.02. The Hall–Kier alpha value is -2.42. The van der Waals surface area contributed by atoms with Crippen LogP contribution in [0.4, 0.5) is 13.2 Å². The zero-order chi connectivity index (χ0) is 17.6. The molecule has 0 spiro atoms. The second-order valence-electron chi connectivity index (χ2n) is 6.48. The summed E-state index contributed by atoms with van der Waals surface area (Å²) >= 11 is 0. The average Bonchev–Trinajstić information content (AvgIpc) is 3.29. The van der Waals surface area contributed by atoms with Gasteiger partial charge in [0.15, 0.2) is 5.69 Å². The fourth-order valence-electron chi connectivity index (χ4n) is 3.50. The molecule has 2 aliphatic rings. The van der Waals surface area contributed by atoms with Gasteiger partial charge in [0.05, 0.1) is 17.4 Å². The molecule has 3 heterocycles. The molecule has 2 saturated heterocycles. The number of carbonyl (C=O) groups is 1. The number of hydrogen-bond acceptors (Lipinski definition) is 4. The van der Waals surface area contributed by atoms with Gasteiger partial charge in [-0.25, -0.2) is 4.68 Å². The summed E-state index contributed by atoms with van der Waals surface area (Å²) in [6, 6.07) is 4.76. The number of fused-ring (bicyclic) bond motifs is 1. The zero-order valence-electron chi connectivity index (χ0n) is 13.2. The molecule has 9 heteroatoms. The number of amides is 1. The van der Waals surface area contributed by atoms with Crippen molar-refractivity contribution in [3.63, 3.8) is 0 Å². The van der Waals surface area contributed by atoms with Crippen LogP contribution in [0.3, 0.4) is 0 Å². The van der Waals surface area contributed by atoms with Gasteiger partial charge in [0, 0.05) is 26.2 Å². The lowest BCUT2D eigenvalue weighted by Crippen LogP contribution is -2.32. The summed E-state index contributed by atoms with van der Waals surface area (Å²) in [6.45, 7) is 3.16. The van der Waals surface area contributed by atoms with E-state index in [-0.39, 0.29) is 17.3 Å². The van der Waals surface area contributed by atoms with Gasteiger partial charge in [0.25, 0.3) is 5.91 Å². The maximum absolute atomic E-state index is 12.8. The van der Waals surface area contributed by atoms with E-state index in [1.807, 2.05) is 0 Å². The molecule has 0 bridgehead atoms. The number of nitrogens with one attached hydrogen (secondary N) is 1. The van der Waals surface area contributed by atoms with Crippen LogP contribution in [0, 0.1) is 11.8 Å². The quantitative estimate of drug-likeness (QED) is 0.892. The first kappa shape index (κ1) is 16.1. The van der Waals surface area contributed by atoms with Crippen molar-refractivity contribution in [3.05, 3.63) is 41.7 Å². The molecular weight excluding hydrogens is 335 g/mol. The number of likely N-dealkylation sites (tertiary alicyclic amines) is 1. The number of aromatic nitrogens is 3. The highest BCUT2D eigenvalue weighted by Crippen LogP contribution is 2.30. The highest BCUT2D eigenvalue weighted by atomic mass is 19.4. The van der Waals surface area contributed by atoms with Crippen LogP contribution in [-0.4, -0.2) is 52.0 Å². The van der Waals surface area contributed by atoms with Crippen LogP contribution in [0.15, 0.2) is 30.5 Å². The van der Waals surface area contributed by atoms with Crippen molar-refractivity contribution in [1.82, 2.24) is 25.2 Å². The molecule has 0 saturated carbocycles. The molecule has 6 nitrogen and oxygen atoms in total. The molecular formula is C16H16F3N5O. The van der Waals surface area contributed by atoms with Crippen LogP contribution in [0.1, 0.15) is 16.1 Å². The second kappa shape index (κ2) is 5.83. The first-order chi connectivity index (χ1) is 11.9. The number of carbonyl (C=O) groups excluding carboxylic acids is 1. The Kier molecular flexibility index (Phi) is 3.75. The van der Waals surface area contributed by atoms with Crippen molar-refractivity contribution in [2.75, 3.05) is 26.2 Å². The van der Waals surface area contributed by atoms with Crippen LogP contribution in [0.25, 0.3) is 5.69 Å². The van der Waals surface area contributed by atoms with E-state index in [0.29, 0.717) is 24.9 Å². The third-order valence-corrected chi connectivity index (χ3v) is 4.83. The van der Waals surface area contributed by atoms with Crippen molar-refractivity contribution in [3.8, 4) is 5.69 Å².